The van der Waals surface area contributed by atoms with Crippen molar-refractivity contribution < 1.29 is 17.9 Å². The highest BCUT2D eigenvalue weighted by Gasteiger charge is 2.30. The zero-order chi connectivity index (χ0) is 20.3. The van der Waals surface area contributed by atoms with Gasteiger partial charge in [-0.25, -0.2) is 8.42 Å². The lowest BCUT2D eigenvalue weighted by Crippen LogP contribution is -2.29. The molecule has 150 valence electrons. The maximum Gasteiger partial charge on any atom is 0.251 e. The summed E-state index contributed by atoms with van der Waals surface area (Å²) in [4.78, 5) is 12.7. The van der Waals surface area contributed by atoms with Crippen LogP contribution in [0, 0.1) is 0 Å². The first-order valence-corrected chi connectivity index (χ1v) is 10.9. The summed E-state index contributed by atoms with van der Waals surface area (Å²) in [5, 5.41) is 3.42. The van der Waals surface area contributed by atoms with Crippen LogP contribution >= 0.6 is 11.6 Å². The number of amides is 1. The molecule has 1 aliphatic heterocycles. The number of rotatable bonds is 6. The lowest BCUT2D eigenvalue weighted by atomic mass is 10.1. The van der Waals surface area contributed by atoms with E-state index in [2.05, 4.69) is 5.32 Å². The second-order valence-electron chi connectivity index (χ2n) is 6.69. The van der Waals surface area contributed by atoms with E-state index in [1.54, 1.807) is 12.1 Å². The first-order chi connectivity index (χ1) is 13.3. The second kappa shape index (κ2) is 8.51. The lowest BCUT2D eigenvalue weighted by molar-refractivity contribution is 0.0939. The fourth-order valence-corrected chi connectivity index (χ4v) is 5.27. The smallest absolute Gasteiger partial charge is 0.251 e. The molecular weight excluding hydrogens is 400 g/mol. The molecule has 28 heavy (non-hydrogen) atoms. The molecular formula is C20H23ClN2O4S. The molecule has 1 amide bonds. The van der Waals surface area contributed by atoms with Gasteiger partial charge in [0.2, 0.25) is 10.0 Å². The normalized spacial score (nSPS) is 16.0. The van der Waals surface area contributed by atoms with Gasteiger partial charge >= 0.3 is 0 Å². The number of ether oxygens (including phenoxy) is 1. The van der Waals surface area contributed by atoms with Crippen LogP contribution in [0.25, 0.3) is 0 Å². The van der Waals surface area contributed by atoms with Crippen molar-refractivity contribution in [3.63, 3.8) is 0 Å². The fourth-order valence-electron chi connectivity index (χ4n) is 3.27. The molecule has 0 radical (unpaired) electrons. The number of nitrogens with zero attached hydrogens (tertiary/aromatic N) is 1. The Morgan fingerprint density at radius 2 is 1.86 bits per heavy atom. The van der Waals surface area contributed by atoms with Crippen LogP contribution in [0.5, 0.6) is 5.75 Å². The number of benzene rings is 2. The number of carbonyl (C=O) groups excluding carboxylic acids is 1. The van der Waals surface area contributed by atoms with Crippen LogP contribution in [0.4, 0.5) is 0 Å². The van der Waals surface area contributed by atoms with Gasteiger partial charge in [0, 0.05) is 23.7 Å². The molecule has 1 unspecified atom stereocenters. The van der Waals surface area contributed by atoms with E-state index in [0.29, 0.717) is 18.1 Å². The zero-order valence-corrected chi connectivity index (χ0v) is 17.4. The molecule has 6 nitrogen and oxygen atoms in total. The highest BCUT2D eigenvalue weighted by atomic mass is 35.5. The van der Waals surface area contributed by atoms with Gasteiger partial charge in [0.1, 0.15) is 10.6 Å². The molecule has 0 spiro atoms. The Morgan fingerprint density at radius 3 is 2.50 bits per heavy atom. The van der Waals surface area contributed by atoms with Gasteiger partial charge in [0.05, 0.1) is 13.2 Å². The maximum atomic E-state index is 13.0. The van der Waals surface area contributed by atoms with Crippen LogP contribution in [-0.2, 0) is 10.0 Å². The molecule has 0 aliphatic carbocycles. The summed E-state index contributed by atoms with van der Waals surface area (Å²) in [6.45, 7) is 2.78. The Bertz CT molecular complexity index is 972. The number of methoxy groups -OCH3 is 1. The number of hydrogen-bond acceptors (Lipinski definition) is 4. The summed E-state index contributed by atoms with van der Waals surface area (Å²) in [7, 11) is -2.30. The molecule has 1 heterocycles. The Morgan fingerprint density at radius 1 is 1.18 bits per heavy atom. The first-order valence-electron chi connectivity index (χ1n) is 9.08. The van der Waals surface area contributed by atoms with Gasteiger partial charge in [0.25, 0.3) is 5.91 Å². The monoisotopic (exact) mass is 422 g/mol. The number of sulfonamides is 1. The molecule has 1 aliphatic rings. The fraction of sp³-hybridized carbons (Fsp3) is 0.350. The van der Waals surface area contributed by atoms with E-state index in [1.807, 2.05) is 25.1 Å². The third kappa shape index (κ3) is 4.16. The van der Waals surface area contributed by atoms with Gasteiger partial charge in [-0.2, -0.15) is 4.31 Å². The van der Waals surface area contributed by atoms with E-state index in [0.717, 1.165) is 18.4 Å². The van der Waals surface area contributed by atoms with Gasteiger partial charge in [-0.1, -0.05) is 29.8 Å². The predicted octanol–water partition coefficient (Wildman–Crippen LogP) is 3.62. The summed E-state index contributed by atoms with van der Waals surface area (Å²) >= 11 is 6.19. The molecule has 3 rings (SSSR count). The number of carbonyl (C=O) groups is 1. The number of nitrogens with one attached hydrogen (secondary N) is 1. The topological polar surface area (TPSA) is 75.7 Å². The van der Waals surface area contributed by atoms with Crippen molar-refractivity contribution >= 4 is 27.5 Å². The van der Waals surface area contributed by atoms with E-state index < -0.39 is 10.0 Å². The summed E-state index contributed by atoms with van der Waals surface area (Å²) in [5.74, 6) is -0.157. The van der Waals surface area contributed by atoms with Gasteiger partial charge < -0.3 is 10.1 Å². The van der Waals surface area contributed by atoms with Crippen molar-refractivity contribution in [1.29, 1.82) is 0 Å². The van der Waals surface area contributed by atoms with Crippen molar-refractivity contribution in [3.8, 4) is 5.75 Å². The van der Waals surface area contributed by atoms with E-state index in [-0.39, 0.29) is 28.2 Å². The Balaban J connectivity index is 1.88. The van der Waals surface area contributed by atoms with Gasteiger partial charge in [-0.15, -0.1) is 0 Å². The Labute approximate surface area is 170 Å². The van der Waals surface area contributed by atoms with Crippen LogP contribution in [0.2, 0.25) is 5.02 Å². The van der Waals surface area contributed by atoms with Crippen LogP contribution in [0.15, 0.2) is 47.4 Å². The molecule has 0 aromatic heterocycles. The molecule has 0 saturated carbocycles. The minimum absolute atomic E-state index is 0.00921. The molecule has 8 heteroatoms. The van der Waals surface area contributed by atoms with Crippen molar-refractivity contribution in [3.05, 3.63) is 58.6 Å². The largest absolute Gasteiger partial charge is 0.495 e. The van der Waals surface area contributed by atoms with E-state index in [1.165, 1.54) is 23.5 Å². The molecule has 1 saturated heterocycles. The minimum atomic E-state index is -3.72. The number of halogens is 1. The maximum absolute atomic E-state index is 13.0. The summed E-state index contributed by atoms with van der Waals surface area (Å²) in [6, 6.07) is 11.4. The van der Waals surface area contributed by atoms with E-state index >= 15 is 0 Å². The predicted molar refractivity (Wildman–Crippen MR) is 108 cm³/mol. The van der Waals surface area contributed by atoms with Crippen molar-refractivity contribution in [2.24, 2.45) is 0 Å². The SMILES string of the molecule is COc1ccc(C(=O)NC(C)c2ccccc2Cl)cc1S(=O)(=O)N1CCCC1. The van der Waals surface area contributed by atoms with Crippen molar-refractivity contribution in [2.45, 2.75) is 30.7 Å². The lowest BCUT2D eigenvalue weighted by Gasteiger charge is -2.19. The summed E-state index contributed by atoms with van der Waals surface area (Å²) in [5.41, 5.74) is 1.04. The molecule has 1 N–H and O–H groups in total. The highest BCUT2D eigenvalue weighted by Crippen LogP contribution is 2.30. The quantitative estimate of drug-likeness (QED) is 0.771. The summed E-state index contributed by atoms with van der Waals surface area (Å²) in [6.07, 6.45) is 1.66. The van der Waals surface area contributed by atoms with Crippen LogP contribution in [0.1, 0.15) is 41.7 Å². The Hall–Kier alpha value is -2.09. The highest BCUT2D eigenvalue weighted by molar-refractivity contribution is 7.89. The van der Waals surface area contributed by atoms with Gasteiger partial charge in [0.15, 0.2) is 0 Å². The van der Waals surface area contributed by atoms with Gasteiger partial charge in [-0.3, -0.25) is 4.79 Å². The average Bonchev–Trinajstić information content (AvgIpc) is 3.23. The molecule has 1 fully saturated rings. The number of hydrogen-bond donors (Lipinski definition) is 1. The summed E-state index contributed by atoms with van der Waals surface area (Å²) < 4.78 is 32.6. The second-order valence-corrected chi connectivity index (χ2v) is 9.01. The van der Waals surface area contributed by atoms with Gasteiger partial charge in [-0.05, 0) is 49.6 Å². The van der Waals surface area contributed by atoms with Crippen molar-refractivity contribution in [2.75, 3.05) is 20.2 Å². The third-order valence-electron chi connectivity index (χ3n) is 4.83. The first kappa shape index (κ1) is 20.6. The van der Waals surface area contributed by atoms with Crippen LogP contribution in [0.3, 0.4) is 0 Å². The van der Waals surface area contributed by atoms with Crippen LogP contribution in [-0.4, -0.2) is 38.8 Å². The molecule has 2 aromatic rings. The Kier molecular flexibility index (Phi) is 6.27. The minimum Gasteiger partial charge on any atom is -0.495 e. The molecule has 2 aromatic carbocycles. The van der Waals surface area contributed by atoms with Crippen molar-refractivity contribution in [1.82, 2.24) is 9.62 Å². The van der Waals surface area contributed by atoms with Crippen LogP contribution < -0.4 is 10.1 Å². The standard InChI is InChI=1S/C20H23ClN2O4S/c1-14(16-7-3-4-8-17(16)21)22-20(24)15-9-10-18(27-2)19(13-15)28(25,26)23-11-5-6-12-23/h3-4,7-10,13-14H,5-6,11-12H2,1-2H3,(H,22,24). The average molecular weight is 423 g/mol. The third-order valence-corrected chi connectivity index (χ3v) is 7.09. The molecule has 1 atom stereocenters. The zero-order valence-electron chi connectivity index (χ0n) is 15.8. The molecule has 0 bridgehead atoms. The van der Waals surface area contributed by atoms with E-state index in [9.17, 15) is 13.2 Å². The van der Waals surface area contributed by atoms with E-state index in [4.69, 9.17) is 16.3 Å².